The molecule has 0 aliphatic heterocycles. The Morgan fingerprint density at radius 1 is 1.08 bits per heavy atom. The zero-order valence-corrected chi connectivity index (χ0v) is 20.4. The number of amides is 1. The highest BCUT2D eigenvalue weighted by Crippen LogP contribution is 2.29. The molecule has 1 aliphatic rings. The van der Waals surface area contributed by atoms with E-state index >= 15 is 0 Å². The van der Waals surface area contributed by atoms with Gasteiger partial charge >= 0.3 is 12.5 Å². The number of nitrogens with one attached hydrogen (secondary N) is 1. The molecule has 9 heteroatoms. The fourth-order valence-corrected chi connectivity index (χ4v) is 4.44. The third kappa shape index (κ3) is 6.52. The second-order valence-electron chi connectivity index (χ2n) is 9.18. The van der Waals surface area contributed by atoms with Gasteiger partial charge < -0.3 is 20.9 Å². The Labute approximate surface area is 217 Å². The van der Waals surface area contributed by atoms with Crippen molar-refractivity contribution in [2.24, 2.45) is 0 Å². The van der Waals surface area contributed by atoms with Gasteiger partial charge in [0.05, 0.1) is 12.1 Å². The molecule has 200 valence electrons. The van der Waals surface area contributed by atoms with Crippen LogP contribution < -0.4 is 15.8 Å². The maximum Gasteiger partial charge on any atom is 0.461 e. The summed E-state index contributed by atoms with van der Waals surface area (Å²) in [5, 5.41) is 14.1. The van der Waals surface area contributed by atoms with Crippen molar-refractivity contribution in [2.45, 2.75) is 50.4 Å². The third-order valence-corrected chi connectivity index (χ3v) is 6.38. The smallest absolute Gasteiger partial charge is 0.428 e. The lowest BCUT2D eigenvalue weighted by atomic mass is 9.94. The fourth-order valence-electron chi connectivity index (χ4n) is 4.44. The van der Waals surface area contributed by atoms with Crippen molar-refractivity contribution in [2.75, 3.05) is 5.73 Å². The Bertz CT molecular complexity index is 1300. The van der Waals surface area contributed by atoms with E-state index in [0.717, 1.165) is 36.5 Å². The number of halogens is 4. The van der Waals surface area contributed by atoms with Crippen LogP contribution in [0.1, 0.15) is 51.6 Å². The fraction of sp³-hybridized carbons (Fsp3) is 0.276. The van der Waals surface area contributed by atoms with Crippen molar-refractivity contribution in [1.29, 1.82) is 0 Å². The number of aliphatic hydroxyl groups excluding tert-OH is 1. The largest absolute Gasteiger partial charge is 0.461 e. The number of alkyl halides is 4. The van der Waals surface area contributed by atoms with Gasteiger partial charge in [-0.05, 0) is 78.3 Å². The predicted molar refractivity (Wildman–Crippen MR) is 137 cm³/mol. The van der Waals surface area contributed by atoms with Gasteiger partial charge in [0.2, 0.25) is 0 Å². The van der Waals surface area contributed by atoms with Gasteiger partial charge in [-0.1, -0.05) is 48.6 Å². The molecule has 0 fully saturated rings. The first kappa shape index (κ1) is 27.2. The molecule has 2 unspecified atom stereocenters. The topological polar surface area (TPSA) is 84.6 Å². The summed E-state index contributed by atoms with van der Waals surface area (Å²) < 4.78 is 56.3. The lowest BCUT2D eigenvalue weighted by Crippen LogP contribution is -2.41. The van der Waals surface area contributed by atoms with Crippen LogP contribution in [0.2, 0.25) is 0 Å². The standard InChI is InChI=1S/C29H28F4N2O3/c30-28(31)29(32,33)38-22-9-4-6-18(16-22)17-25(26(36)20-12-14-21(34)15-13-20)35-27(37)24-11-5-8-19-7-2-1-3-10-23(19)24/h3-6,8-16,25-26,28,36H,1-2,7,17,34H2,(H,35,37). The number of nitrogens with two attached hydrogens (primary N) is 1. The molecule has 3 aromatic carbocycles. The summed E-state index contributed by atoms with van der Waals surface area (Å²) in [5.41, 5.74) is 9.43. The molecule has 0 aromatic heterocycles. The maximum absolute atomic E-state index is 13.5. The number of allylic oxidation sites excluding steroid dienone is 1. The Hall–Kier alpha value is -3.85. The Morgan fingerprint density at radius 2 is 1.82 bits per heavy atom. The first-order valence-electron chi connectivity index (χ1n) is 12.2. The van der Waals surface area contributed by atoms with E-state index in [2.05, 4.69) is 10.1 Å². The molecular weight excluding hydrogens is 500 g/mol. The van der Waals surface area contributed by atoms with Crippen LogP contribution in [0.3, 0.4) is 0 Å². The van der Waals surface area contributed by atoms with Gasteiger partial charge in [-0.15, -0.1) is 0 Å². The van der Waals surface area contributed by atoms with E-state index in [1.54, 1.807) is 36.4 Å². The highest BCUT2D eigenvalue weighted by atomic mass is 19.3. The van der Waals surface area contributed by atoms with Crippen LogP contribution >= 0.6 is 0 Å². The normalized spacial score (nSPS) is 14.9. The Kier molecular flexibility index (Phi) is 8.36. The van der Waals surface area contributed by atoms with E-state index in [9.17, 15) is 27.5 Å². The van der Waals surface area contributed by atoms with Crippen molar-refractivity contribution < 1.29 is 32.2 Å². The van der Waals surface area contributed by atoms with Crippen LogP contribution in [0.5, 0.6) is 5.75 Å². The molecule has 4 N–H and O–H groups in total. The van der Waals surface area contributed by atoms with Crippen molar-refractivity contribution in [3.8, 4) is 5.75 Å². The Morgan fingerprint density at radius 3 is 2.55 bits per heavy atom. The first-order valence-corrected chi connectivity index (χ1v) is 12.2. The zero-order valence-electron chi connectivity index (χ0n) is 20.4. The van der Waals surface area contributed by atoms with Crippen LogP contribution in [0, 0.1) is 0 Å². The van der Waals surface area contributed by atoms with Crippen LogP contribution in [-0.4, -0.2) is 29.6 Å². The molecule has 5 nitrogen and oxygen atoms in total. The van der Waals surface area contributed by atoms with Gasteiger partial charge in [-0.25, -0.2) is 0 Å². The highest BCUT2D eigenvalue weighted by molar-refractivity contribution is 5.98. The molecule has 0 spiro atoms. The lowest BCUT2D eigenvalue weighted by Gasteiger charge is -2.26. The number of anilines is 1. The second kappa shape index (κ2) is 11.7. The van der Waals surface area contributed by atoms with Crippen molar-refractivity contribution in [3.05, 3.63) is 101 Å². The van der Waals surface area contributed by atoms with Gasteiger partial charge in [0.25, 0.3) is 5.91 Å². The number of hydrogen-bond acceptors (Lipinski definition) is 4. The zero-order chi connectivity index (χ0) is 27.3. The summed E-state index contributed by atoms with van der Waals surface area (Å²) in [5.74, 6) is -0.872. The van der Waals surface area contributed by atoms with Crippen LogP contribution in [0.15, 0.2) is 72.8 Å². The average Bonchev–Trinajstić information content (AvgIpc) is 3.14. The molecule has 1 aliphatic carbocycles. The molecule has 0 bridgehead atoms. The second-order valence-corrected chi connectivity index (χ2v) is 9.18. The SMILES string of the molecule is Nc1ccc(C(O)C(Cc2cccc(OC(F)(F)C(F)F)c2)NC(=O)c2cccc3c2C=CCCC3)cc1. The van der Waals surface area contributed by atoms with Crippen molar-refractivity contribution in [1.82, 2.24) is 5.32 Å². The summed E-state index contributed by atoms with van der Waals surface area (Å²) in [6.45, 7) is 0. The van der Waals surface area contributed by atoms with Gasteiger partial charge in [0, 0.05) is 11.3 Å². The highest BCUT2D eigenvalue weighted by Gasteiger charge is 2.44. The molecule has 0 saturated carbocycles. The number of fused-ring (bicyclic) bond motifs is 1. The van der Waals surface area contributed by atoms with Crippen molar-refractivity contribution in [3.63, 3.8) is 0 Å². The molecule has 0 heterocycles. The molecule has 38 heavy (non-hydrogen) atoms. The van der Waals surface area contributed by atoms with Gasteiger partial charge in [0.1, 0.15) is 5.75 Å². The molecule has 3 aromatic rings. The summed E-state index contributed by atoms with van der Waals surface area (Å²) >= 11 is 0. The third-order valence-electron chi connectivity index (χ3n) is 6.38. The molecule has 1 amide bonds. The van der Waals surface area contributed by atoms with E-state index in [4.69, 9.17) is 5.73 Å². The summed E-state index contributed by atoms with van der Waals surface area (Å²) in [4.78, 5) is 13.5. The van der Waals surface area contributed by atoms with E-state index in [1.165, 1.54) is 12.1 Å². The number of rotatable bonds is 9. The minimum Gasteiger partial charge on any atom is -0.428 e. The number of carbonyl (C=O) groups is 1. The number of aliphatic hydroxyl groups is 1. The van der Waals surface area contributed by atoms with Crippen molar-refractivity contribution >= 4 is 17.7 Å². The van der Waals surface area contributed by atoms with Gasteiger partial charge in [-0.2, -0.15) is 17.6 Å². The van der Waals surface area contributed by atoms with Crippen LogP contribution in [-0.2, 0) is 12.8 Å². The number of aryl methyl sites for hydroxylation is 1. The van der Waals surface area contributed by atoms with Gasteiger partial charge in [-0.3, -0.25) is 4.79 Å². The molecule has 4 rings (SSSR count). The average molecular weight is 529 g/mol. The van der Waals surface area contributed by atoms with Crippen LogP contribution in [0.4, 0.5) is 23.2 Å². The number of hydrogen-bond donors (Lipinski definition) is 3. The molecule has 0 radical (unpaired) electrons. The minimum absolute atomic E-state index is 0.000400. The minimum atomic E-state index is -4.66. The van der Waals surface area contributed by atoms with E-state index < -0.39 is 36.3 Å². The molecule has 0 saturated heterocycles. The van der Waals surface area contributed by atoms with E-state index in [0.29, 0.717) is 22.4 Å². The Balaban J connectivity index is 1.63. The quantitative estimate of drug-likeness (QED) is 0.238. The number of ether oxygens (including phenoxy) is 1. The van der Waals surface area contributed by atoms with Gasteiger partial charge in [0.15, 0.2) is 0 Å². The number of benzene rings is 3. The summed E-state index contributed by atoms with van der Waals surface area (Å²) in [6, 6.07) is 16.3. The summed E-state index contributed by atoms with van der Waals surface area (Å²) in [6.07, 6.45) is -3.21. The molecular formula is C29H28F4N2O3. The summed E-state index contributed by atoms with van der Waals surface area (Å²) in [7, 11) is 0. The maximum atomic E-state index is 13.5. The first-order chi connectivity index (χ1) is 18.1. The van der Waals surface area contributed by atoms with E-state index in [-0.39, 0.29) is 6.42 Å². The number of carbonyl (C=O) groups excluding carboxylic acids is 1. The monoisotopic (exact) mass is 528 g/mol. The lowest BCUT2D eigenvalue weighted by molar-refractivity contribution is -0.253. The number of nitrogen functional groups attached to an aromatic ring is 1. The van der Waals surface area contributed by atoms with Crippen LogP contribution in [0.25, 0.3) is 6.08 Å². The van der Waals surface area contributed by atoms with E-state index in [1.807, 2.05) is 24.3 Å². The predicted octanol–water partition coefficient (Wildman–Crippen LogP) is 5.93. The molecule has 2 atom stereocenters.